The first-order valence-corrected chi connectivity index (χ1v) is 8.67. The van der Waals surface area contributed by atoms with E-state index in [1.807, 2.05) is 16.8 Å². The van der Waals surface area contributed by atoms with Crippen LogP contribution in [0.5, 0.6) is 0 Å². The van der Waals surface area contributed by atoms with E-state index in [9.17, 15) is 9.59 Å². The van der Waals surface area contributed by atoms with Gasteiger partial charge in [0.05, 0.1) is 24.0 Å². The highest BCUT2D eigenvalue weighted by Crippen LogP contribution is 2.37. The fraction of sp³-hybridized carbons (Fsp3) is 0.882. The molecule has 3 rings (SSSR count). The number of likely N-dealkylation sites (tertiary alicyclic amines) is 1. The average Bonchev–Trinajstić information content (AvgIpc) is 3.45. The van der Waals surface area contributed by atoms with Crippen LogP contribution in [-0.2, 0) is 19.1 Å². The van der Waals surface area contributed by atoms with Gasteiger partial charge in [-0.3, -0.25) is 9.59 Å². The molecule has 0 aromatic heterocycles. The van der Waals surface area contributed by atoms with Crippen molar-refractivity contribution in [2.24, 2.45) is 11.8 Å². The fourth-order valence-corrected chi connectivity index (χ4v) is 3.75. The van der Waals surface area contributed by atoms with Gasteiger partial charge in [-0.25, -0.2) is 0 Å². The Hall–Kier alpha value is -1.14. The molecule has 3 aliphatic rings. The molecule has 2 saturated carbocycles. The number of carbonyl (C=O) groups excluding carboxylic acids is 2. The van der Waals surface area contributed by atoms with Crippen LogP contribution in [0.3, 0.4) is 0 Å². The third kappa shape index (κ3) is 3.53. The summed E-state index contributed by atoms with van der Waals surface area (Å²) in [4.78, 5) is 28.8. The first-order valence-electron chi connectivity index (χ1n) is 8.67. The minimum absolute atomic E-state index is 0.0416. The van der Waals surface area contributed by atoms with Gasteiger partial charge in [0.15, 0.2) is 0 Å². The van der Waals surface area contributed by atoms with E-state index in [-0.39, 0.29) is 41.9 Å². The summed E-state index contributed by atoms with van der Waals surface area (Å²) in [6, 6.07) is 0.232. The molecule has 1 unspecified atom stereocenters. The SMILES string of the molecule is CO[C@@H]1C[C@H]1C(=O)N1CCCC(N(C)C(=O)[C@@H]2C[C@H]2OC)CC1. The molecule has 0 N–H and O–H groups in total. The highest BCUT2D eigenvalue weighted by Gasteiger charge is 2.47. The smallest absolute Gasteiger partial charge is 0.228 e. The monoisotopic (exact) mass is 324 g/mol. The lowest BCUT2D eigenvalue weighted by atomic mass is 10.1. The third-order valence-electron chi connectivity index (χ3n) is 5.61. The van der Waals surface area contributed by atoms with Crippen LogP contribution in [0.4, 0.5) is 0 Å². The molecule has 5 atom stereocenters. The molecule has 0 bridgehead atoms. The Labute approximate surface area is 138 Å². The van der Waals surface area contributed by atoms with Crippen LogP contribution in [0.2, 0.25) is 0 Å². The maximum absolute atomic E-state index is 12.5. The zero-order valence-electron chi connectivity index (χ0n) is 14.4. The lowest BCUT2D eigenvalue weighted by Gasteiger charge is -2.27. The van der Waals surface area contributed by atoms with E-state index in [1.54, 1.807) is 14.2 Å². The van der Waals surface area contributed by atoms with Crippen LogP contribution in [-0.4, -0.2) is 74.2 Å². The highest BCUT2D eigenvalue weighted by atomic mass is 16.5. The van der Waals surface area contributed by atoms with Gasteiger partial charge in [-0.1, -0.05) is 0 Å². The number of carbonyl (C=O) groups is 2. The molecule has 6 heteroatoms. The van der Waals surface area contributed by atoms with Crippen molar-refractivity contribution < 1.29 is 19.1 Å². The van der Waals surface area contributed by atoms with E-state index < -0.39 is 0 Å². The summed E-state index contributed by atoms with van der Waals surface area (Å²) in [5.41, 5.74) is 0. The summed E-state index contributed by atoms with van der Waals surface area (Å²) in [5.74, 6) is 0.529. The minimum atomic E-state index is 0.0416. The van der Waals surface area contributed by atoms with Crippen molar-refractivity contribution in [2.45, 2.75) is 50.4 Å². The zero-order chi connectivity index (χ0) is 16.6. The number of nitrogens with zero attached hydrogens (tertiary/aromatic N) is 2. The summed E-state index contributed by atoms with van der Waals surface area (Å²) in [7, 11) is 5.23. The summed E-state index contributed by atoms with van der Waals surface area (Å²) < 4.78 is 10.5. The Bertz CT molecular complexity index is 470. The van der Waals surface area contributed by atoms with Crippen molar-refractivity contribution in [1.29, 1.82) is 0 Å². The van der Waals surface area contributed by atoms with Crippen LogP contribution < -0.4 is 0 Å². The normalized spacial score (nSPS) is 36.3. The molecule has 1 saturated heterocycles. The number of hydrogen-bond acceptors (Lipinski definition) is 4. The van der Waals surface area contributed by atoms with Crippen molar-refractivity contribution >= 4 is 11.8 Å². The predicted molar refractivity (Wildman–Crippen MR) is 84.8 cm³/mol. The van der Waals surface area contributed by atoms with Gasteiger partial charge >= 0.3 is 0 Å². The molecular weight excluding hydrogens is 296 g/mol. The van der Waals surface area contributed by atoms with Crippen LogP contribution in [0.1, 0.15) is 32.1 Å². The quantitative estimate of drug-likeness (QED) is 0.754. The highest BCUT2D eigenvalue weighted by molar-refractivity contribution is 5.83. The van der Waals surface area contributed by atoms with Crippen molar-refractivity contribution in [3.63, 3.8) is 0 Å². The number of amides is 2. The van der Waals surface area contributed by atoms with Gasteiger partial charge in [0.2, 0.25) is 11.8 Å². The fourth-order valence-electron chi connectivity index (χ4n) is 3.75. The Morgan fingerprint density at radius 3 is 2.26 bits per heavy atom. The van der Waals surface area contributed by atoms with Crippen molar-refractivity contribution in [2.75, 3.05) is 34.4 Å². The van der Waals surface area contributed by atoms with Crippen LogP contribution in [0, 0.1) is 11.8 Å². The minimum Gasteiger partial charge on any atom is -0.381 e. The molecule has 1 aliphatic heterocycles. The van der Waals surface area contributed by atoms with Crippen LogP contribution >= 0.6 is 0 Å². The standard InChI is InChI=1S/C17H28N2O4/c1-18(16(20)12-9-14(12)22-2)11-5-4-7-19(8-6-11)17(21)13-10-15(13)23-3/h11-15H,4-10H2,1-3H3/t11?,12-,13-,14-,15-/m1/s1. The molecule has 0 aromatic rings. The third-order valence-corrected chi connectivity index (χ3v) is 5.61. The van der Waals surface area contributed by atoms with E-state index >= 15 is 0 Å². The van der Waals surface area contributed by atoms with E-state index in [2.05, 4.69) is 0 Å². The second kappa shape index (κ2) is 6.77. The topological polar surface area (TPSA) is 59.1 Å². The maximum Gasteiger partial charge on any atom is 0.228 e. The van der Waals surface area contributed by atoms with Crippen molar-refractivity contribution in [3.05, 3.63) is 0 Å². The second-order valence-corrected chi connectivity index (χ2v) is 7.09. The molecule has 2 aliphatic carbocycles. The van der Waals surface area contributed by atoms with Crippen LogP contribution in [0.15, 0.2) is 0 Å². The maximum atomic E-state index is 12.5. The van der Waals surface area contributed by atoms with E-state index in [0.29, 0.717) is 0 Å². The number of hydrogen-bond donors (Lipinski definition) is 0. The van der Waals surface area contributed by atoms with Gasteiger partial charge in [-0.05, 0) is 32.1 Å². The second-order valence-electron chi connectivity index (χ2n) is 7.09. The first kappa shape index (κ1) is 16.7. The Morgan fingerprint density at radius 1 is 1.00 bits per heavy atom. The molecule has 0 radical (unpaired) electrons. The molecular formula is C17H28N2O4. The average molecular weight is 324 g/mol. The lowest BCUT2D eigenvalue weighted by Crippen LogP contribution is -2.40. The zero-order valence-corrected chi connectivity index (χ0v) is 14.4. The van der Waals surface area contributed by atoms with Gasteiger partial charge in [0.1, 0.15) is 0 Å². The predicted octanol–water partition coefficient (Wildman–Crippen LogP) is 0.896. The summed E-state index contributed by atoms with van der Waals surface area (Å²) in [6.45, 7) is 1.54. The van der Waals surface area contributed by atoms with Crippen LogP contribution in [0.25, 0.3) is 0 Å². The Balaban J connectivity index is 1.50. The molecule has 0 aromatic carbocycles. The van der Waals surface area contributed by atoms with Crippen molar-refractivity contribution in [1.82, 2.24) is 9.80 Å². The summed E-state index contributed by atoms with van der Waals surface area (Å²) >= 11 is 0. The van der Waals surface area contributed by atoms with E-state index in [1.165, 1.54) is 0 Å². The molecule has 1 heterocycles. The summed E-state index contributed by atoms with van der Waals surface area (Å²) in [6.07, 6.45) is 4.71. The van der Waals surface area contributed by atoms with Gasteiger partial charge < -0.3 is 19.3 Å². The number of methoxy groups -OCH3 is 2. The number of rotatable bonds is 5. The Kier molecular flexibility index (Phi) is 4.92. The molecule has 2 amide bonds. The largest absolute Gasteiger partial charge is 0.381 e. The molecule has 3 fully saturated rings. The van der Waals surface area contributed by atoms with Gasteiger partial charge in [0.25, 0.3) is 0 Å². The molecule has 23 heavy (non-hydrogen) atoms. The van der Waals surface area contributed by atoms with Crippen molar-refractivity contribution in [3.8, 4) is 0 Å². The van der Waals surface area contributed by atoms with Gasteiger partial charge in [0, 0.05) is 40.4 Å². The van der Waals surface area contributed by atoms with E-state index in [4.69, 9.17) is 9.47 Å². The molecule has 0 spiro atoms. The van der Waals surface area contributed by atoms with Gasteiger partial charge in [-0.2, -0.15) is 0 Å². The molecule has 6 nitrogen and oxygen atoms in total. The first-order chi connectivity index (χ1) is 11.1. The van der Waals surface area contributed by atoms with Gasteiger partial charge in [-0.15, -0.1) is 0 Å². The summed E-state index contributed by atoms with van der Waals surface area (Å²) in [5, 5.41) is 0. The molecule has 130 valence electrons. The number of ether oxygens (including phenoxy) is 2. The van der Waals surface area contributed by atoms with E-state index in [0.717, 1.165) is 45.2 Å². The lowest BCUT2D eigenvalue weighted by molar-refractivity contribution is -0.134. The Morgan fingerprint density at radius 2 is 1.65 bits per heavy atom.